The highest BCUT2D eigenvalue weighted by molar-refractivity contribution is 6.26. The van der Waals surface area contributed by atoms with Crippen molar-refractivity contribution >= 4 is 99.0 Å². The SMILES string of the molecule is CC1(C)c2cc(N(c3ccccc3)c3ccccc3)ccc2-c2ccc(N(c3ccc4c5ccccc5c5ccccc5c4c3)c3ccc(-c4ccc5c(c4)c4ccccc4n5-c4ccccc4)c4ccccc34)cc21. The van der Waals surface area contributed by atoms with Gasteiger partial charge >= 0.3 is 0 Å². The summed E-state index contributed by atoms with van der Waals surface area (Å²) < 4.78 is 2.39. The van der Waals surface area contributed by atoms with E-state index in [1.165, 1.54) is 98.3 Å². The minimum Gasteiger partial charge on any atom is -0.310 e. The summed E-state index contributed by atoms with van der Waals surface area (Å²) in [5, 5.41) is 12.4. The van der Waals surface area contributed by atoms with Crippen molar-refractivity contribution in [3.63, 3.8) is 0 Å². The number of fused-ring (bicyclic) bond motifs is 13. The molecule has 76 heavy (non-hydrogen) atoms. The number of benzene rings is 13. The standard InChI is InChI=1S/C73H51N3/c1-73(2)68-46-53(74(49-20-6-3-7-21-49)50-22-8-4-9-23-50)36-39-62(68)63-40-37-54(47-69(63)73)75(52-35-38-61-59-29-13-12-27-57(59)58-28-14-15-30-60(58)66(61)45-52)71-43-41-55(56-26-16-17-31-64(56)71)48-34-42-72-67(44-48)65-32-18-19-33-70(65)76(72)51-24-10-5-11-25-51/h3-47H,1-2H3. The van der Waals surface area contributed by atoms with Crippen LogP contribution in [-0.4, -0.2) is 4.57 Å². The van der Waals surface area contributed by atoms with Gasteiger partial charge in [-0.25, -0.2) is 0 Å². The molecule has 3 nitrogen and oxygen atoms in total. The zero-order valence-electron chi connectivity index (χ0n) is 42.3. The molecule has 0 fully saturated rings. The van der Waals surface area contributed by atoms with Crippen molar-refractivity contribution in [2.75, 3.05) is 9.80 Å². The zero-order valence-corrected chi connectivity index (χ0v) is 42.3. The fourth-order valence-corrected chi connectivity index (χ4v) is 12.8. The maximum atomic E-state index is 2.52. The molecular weight excluding hydrogens is 919 g/mol. The predicted molar refractivity (Wildman–Crippen MR) is 323 cm³/mol. The molecule has 1 aliphatic rings. The Kier molecular flexibility index (Phi) is 9.92. The molecule has 1 heterocycles. The first kappa shape index (κ1) is 43.8. The van der Waals surface area contributed by atoms with Gasteiger partial charge in [-0.05, 0) is 168 Å². The Morgan fingerprint density at radius 2 is 0.724 bits per heavy atom. The highest BCUT2D eigenvalue weighted by Crippen LogP contribution is 2.54. The van der Waals surface area contributed by atoms with E-state index in [2.05, 4.69) is 301 Å². The van der Waals surface area contributed by atoms with E-state index in [1.807, 2.05) is 0 Å². The summed E-state index contributed by atoms with van der Waals surface area (Å²) in [6, 6.07) is 101. The van der Waals surface area contributed by atoms with Crippen LogP contribution in [0, 0.1) is 0 Å². The fourth-order valence-electron chi connectivity index (χ4n) is 12.8. The number of nitrogens with zero attached hydrogens (tertiary/aromatic N) is 3. The van der Waals surface area contributed by atoms with Gasteiger partial charge in [0, 0.05) is 55.7 Å². The molecule has 0 amide bonds. The van der Waals surface area contributed by atoms with Crippen LogP contribution in [0.1, 0.15) is 25.0 Å². The minimum atomic E-state index is -0.298. The Morgan fingerprint density at radius 3 is 1.34 bits per heavy atom. The Balaban J connectivity index is 0.919. The van der Waals surface area contributed by atoms with Crippen LogP contribution in [0.15, 0.2) is 273 Å². The van der Waals surface area contributed by atoms with Gasteiger partial charge in [0.1, 0.15) is 0 Å². The second-order valence-corrected chi connectivity index (χ2v) is 20.8. The topological polar surface area (TPSA) is 11.4 Å². The lowest BCUT2D eigenvalue weighted by molar-refractivity contribution is 0.660. The third kappa shape index (κ3) is 6.75. The molecule has 1 aliphatic carbocycles. The van der Waals surface area contributed by atoms with Gasteiger partial charge in [0.15, 0.2) is 0 Å². The van der Waals surface area contributed by atoms with E-state index in [-0.39, 0.29) is 5.41 Å². The third-order valence-corrected chi connectivity index (χ3v) is 16.3. The summed E-state index contributed by atoms with van der Waals surface area (Å²) in [6.07, 6.45) is 0. The smallest absolute Gasteiger partial charge is 0.0541 e. The van der Waals surface area contributed by atoms with Crippen molar-refractivity contribution in [1.29, 1.82) is 0 Å². The van der Waals surface area contributed by atoms with Gasteiger partial charge in [-0.2, -0.15) is 0 Å². The highest BCUT2D eigenvalue weighted by Gasteiger charge is 2.37. The quantitative estimate of drug-likeness (QED) is 0.141. The first-order chi connectivity index (χ1) is 37.5. The lowest BCUT2D eigenvalue weighted by atomic mass is 9.82. The molecule has 358 valence electrons. The number of hydrogen-bond donors (Lipinski definition) is 0. The molecule has 14 aromatic rings. The average molecular weight is 970 g/mol. The Hall–Kier alpha value is -9.70. The summed E-state index contributed by atoms with van der Waals surface area (Å²) >= 11 is 0. The maximum Gasteiger partial charge on any atom is 0.0541 e. The van der Waals surface area contributed by atoms with Gasteiger partial charge in [-0.3, -0.25) is 0 Å². The molecular formula is C73H51N3. The van der Waals surface area contributed by atoms with Gasteiger partial charge < -0.3 is 14.4 Å². The van der Waals surface area contributed by atoms with Crippen LogP contribution in [0.4, 0.5) is 34.1 Å². The van der Waals surface area contributed by atoms with Crippen molar-refractivity contribution in [3.8, 4) is 27.9 Å². The van der Waals surface area contributed by atoms with Gasteiger partial charge in [0.2, 0.25) is 0 Å². The molecule has 15 rings (SSSR count). The molecule has 1 aromatic heterocycles. The highest BCUT2D eigenvalue weighted by atomic mass is 15.1. The van der Waals surface area contributed by atoms with Crippen LogP contribution >= 0.6 is 0 Å². The fraction of sp³-hybridized carbons (Fsp3) is 0.0411. The van der Waals surface area contributed by atoms with Gasteiger partial charge in [-0.15, -0.1) is 0 Å². The second-order valence-electron chi connectivity index (χ2n) is 20.8. The molecule has 0 saturated heterocycles. The van der Waals surface area contributed by atoms with Crippen molar-refractivity contribution < 1.29 is 0 Å². The first-order valence-corrected chi connectivity index (χ1v) is 26.4. The molecule has 0 radical (unpaired) electrons. The molecule has 0 bridgehead atoms. The molecule has 3 heteroatoms. The van der Waals surface area contributed by atoms with Crippen molar-refractivity contribution in [1.82, 2.24) is 4.57 Å². The van der Waals surface area contributed by atoms with E-state index in [9.17, 15) is 0 Å². The van der Waals surface area contributed by atoms with Gasteiger partial charge in [0.25, 0.3) is 0 Å². The predicted octanol–water partition coefficient (Wildman–Crippen LogP) is 20.3. The van der Waals surface area contributed by atoms with E-state index < -0.39 is 0 Å². The minimum absolute atomic E-state index is 0.298. The van der Waals surface area contributed by atoms with Crippen LogP contribution in [0.5, 0.6) is 0 Å². The largest absolute Gasteiger partial charge is 0.310 e. The van der Waals surface area contributed by atoms with E-state index in [1.54, 1.807) is 0 Å². The monoisotopic (exact) mass is 969 g/mol. The summed E-state index contributed by atoms with van der Waals surface area (Å²) in [5.74, 6) is 0. The molecule has 0 aliphatic heterocycles. The maximum absolute atomic E-state index is 2.52. The molecule has 13 aromatic carbocycles. The Labute approximate surface area is 442 Å². The summed E-state index contributed by atoms with van der Waals surface area (Å²) in [6.45, 7) is 4.80. The van der Waals surface area contributed by atoms with Crippen molar-refractivity contribution in [2.45, 2.75) is 19.3 Å². The summed E-state index contributed by atoms with van der Waals surface area (Å²) in [7, 11) is 0. The second kappa shape index (κ2) is 17.2. The lowest BCUT2D eigenvalue weighted by Gasteiger charge is -2.30. The number of para-hydroxylation sites is 4. The number of aromatic nitrogens is 1. The van der Waals surface area contributed by atoms with Gasteiger partial charge in [0.05, 0.1) is 16.7 Å². The number of rotatable bonds is 8. The number of anilines is 6. The summed E-state index contributed by atoms with van der Waals surface area (Å²) in [5.41, 5.74) is 17.6. The average Bonchev–Trinajstić information content (AvgIpc) is 4.07. The van der Waals surface area contributed by atoms with Crippen LogP contribution in [0.2, 0.25) is 0 Å². The molecule has 0 N–H and O–H groups in total. The van der Waals surface area contributed by atoms with E-state index in [0.29, 0.717) is 0 Å². The van der Waals surface area contributed by atoms with Crippen LogP contribution < -0.4 is 9.80 Å². The van der Waals surface area contributed by atoms with Crippen LogP contribution in [0.25, 0.3) is 92.8 Å². The Bertz CT molecular complexity index is 4540. The van der Waals surface area contributed by atoms with E-state index >= 15 is 0 Å². The van der Waals surface area contributed by atoms with Crippen LogP contribution in [0.3, 0.4) is 0 Å². The van der Waals surface area contributed by atoms with Gasteiger partial charge in [-0.1, -0.05) is 190 Å². The Morgan fingerprint density at radius 1 is 0.276 bits per heavy atom. The molecule has 0 saturated carbocycles. The molecule has 0 spiro atoms. The normalized spacial score (nSPS) is 12.7. The number of hydrogen-bond acceptors (Lipinski definition) is 2. The van der Waals surface area contributed by atoms with Crippen molar-refractivity contribution in [3.05, 3.63) is 284 Å². The zero-order chi connectivity index (χ0) is 50.5. The third-order valence-electron chi connectivity index (χ3n) is 16.3. The lowest BCUT2D eigenvalue weighted by Crippen LogP contribution is -2.17. The first-order valence-electron chi connectivity index (χ1n) is 26.4. The summed E-state index contributed by atoms with van der Waals surface area (Å²) in [4.78, 5) is 4.89. The molecule has 0 atom stereocenters. The molecule has 0 unspecified atom stereocenters. The van der Waals surface area contributed by atoms with E-state index in [4.69, 9.17) is 0 Å². The van der Waals surface area contributed by atoms with Crippen LogP contribution in [-0.2, 0) is 5.41 Å². The van der Waals surface area contributed by atoms with Crippen molar-refractivity contribution in [2.24, 2.45) is 0 Å². The van der Waals surface area contributed by atoms with E-state index in [0.717, 1.165) is 39.8 Å².